The van der Waals surface area contributed by atoms with Crippen LogP contribution in [0.25, 0.3) is 0 Å². The molecule has 0 heterocycles. The Kier molecular flexibility index (Phi) is 9.89. The van der Waals surface area contributed by atoms with E-state index in [0.29, 0.717) is 12.1 Å². The van der Waals surface area contributed by atoms with E-state index in [1.807, 2.05) is 84.0 Å². The zero-order valence-corrected chi connectivity index (χ0v) is 22.8. The first kappa shape index (κ1) is 28.4. The molecule has 7 nitrogen and oxygen atoms in total. The lowest BCUT2D eigenvalue weighted by Crippen LogP contribution is -2.53. The Morgan fingerprint density at radius 3 is 2.09 bits per heavy atom. The van der Waals surface area contributed by atoms with Gasteiger partial charge >= 0.3 is 0 Å². The lowest BCUT2D eigenvalue weighted by molar-refractivity contribution is -0.140. The largest absolute Gasteiger partial charge is 0.352 e. The van der Waals surface area contributed by atoms with Gasteiger partial charge in [0.25, 0.3) is 0 Å². The predicted molar refractivity (Wildman–Crippen MR) is 142 cm³/mol. The molecule has 0 saturated heterocycles. The third kappa shape index (κ3) is 7.56. The van der Waals surface area contributed by atoms with Crippen molar-refractivity contribution in [2.24, 2.45) is 0 Å². The second kappa shape index (κ2) is 12.2. The van der Waals surface area contributed by atoms with E-state index in [0.717, 1.165) is 39.2 Å². The zero-order chi connectivity index (χ0) is 26.3. The average molecular weight is 502 g/mol. The Labute approximate surface area is 210 Å². The number of carbonyl (C=O) groups excluding carboxylic acids is 2. The topological polar surface area (TPSA) is 86.8 Å². The summed E-state index contributed by atoms with van der Waals surface area (Å²) in [7, 11) is -3.76. The number of amides is 2. The predicted octanol–water partition coefficient (Wildman–Crippen LogP) is 4.10. The van der Waals surface area contributed by atoms with Crippen molar-refractivity contribution in [3.63, 3.8) is 0 Å². The fourth-order valence-electron chi connectivity index (χ4n) is 4.14. The number of anilines is 1. The van der Waals surface area contributed by atoms with Gasteiger partial charge in [0, 0.05) is 12.6 Å². The summed E-state index contributed by atoms with van der Waals surface area (Å²) < 4.78 is 26.8. The maximum Gasteiger partial charge on any atom is 0.244 e. The molecular weight excluding hydrogens is 462 g/mol. The van der Waals surface area contributed by atoms with E-state index in [-0.39, 0.29) is 25.0 Å². The van der Waals surface area contributed by atoms with Gasteiger partial charge in [-0.2, -0.15) is 0 Å². The van der Waals surface area contributed by atoms with Crippen LogP contribution in [0, 0.1) is 20.8 Å². The van der Waals surface area contributed by atoms with Crippen molar-refractivity contribution in [2.45, 2.75) is 73.0 Å². The number of nitrogens with zero attached hydrogens (tertiary/aromatic N) is 2. The first-order valence-corrected chi connectivity index (χ1v) is 13.9. The number of carbonyl (C=O) groups is 2. The van der Waals surface area contributed by atoms with E-state index in [2.05, 4.69) is 5.32 Å². The third-order valence-electron chi connectivity index (χ3n) is 6.19. The van der Waals surface area contributed by atoms with Crippen molar-refractivity contribution >= 4 is 27.5 Å². The van der Waals surface area contributed by atoms with Gasteiger partial charge in [-0.25, -0.2) is 8.42 Å². The van der Waals surface area contributed by atoms with E-state index in [9.17, 15) is 18.0 Å². The highest BCUT2D eigenvalue weighted by Crippen LogP contribution is 2.27. The fraction of sp³-hybridized carbons (Fsp3) is 0.481. The highest BCUT2D eigenvalue weighted by Gasteiger charge is 2.32. The summed E-state index contributed by atoms with van der Waals surface area (Å²) in [5, 5.41) is 2.98. The van der Waals surface area contributed by atoms with Crippen LogP contribution in [0.15, 0.2) is 42.5 Å². The number of hydrogen-bond donors (Lipinski definition) is 1. The van der Waals surface area contributed by atoms with Gasteiger partial charge in [-0.3, -0.25) is 13.9 Å². The van der Waals surface area contributed by atoms with Crippen LogP contribution >= 0.6 is 0 Å². The molecule has 0 saturated carbocycles. The summed E-state index contributed by atoms with van der Waals surface area (Å²) in [6.07, 6.45) is 2.27. The Bertz CT molecular complexity index is 1130. The summed E-state index contributed by atoms with van der Waals surface area (Å²) in [4.78, 5) is 28.5. The van der Waals surface area contributed by atoms with Gasteiger partial charge in [0.1, 0.15) is 12.6 Å². The minimum atomic E-state index is -3.76. The summed E-state index contributed by atoms with van der Waals surface area (Å²) in [6, 6.07) is 12.5. The van der Waals surface area contributed by atoms with Gasteiger partial charge in [0.2, 0.25) is 21.8 Å². The van der Waals surface area contributed by atoms with Crippen molar-refractivity contribution < 1.29 is 18.0 Å². The van der Waals surface area contributed by atoms with Crippen LogP contribution in [-0.2, 0) is 26.2 Å². The summed E-state index contributed by atoms with van der Waals surface area (Å²) in [5.41, 5.74) is 3.94. The molecule has 0 aliphatic heterocycles. The van der Waals surface area contributed by atoms with Crippen molar-refractivity contribution in [1.29, 1.82) is 0 Å². The molecule has 0 fully saturated rings. The van der Waals surface area contributed by atoms with Gasteiger partial charge < -0.3 is 10.2 Å². The Morgan fingerprint density at radius 1 is 0.971 bits per heavy atom. The molecule has 0 radical (unpaired) electrons. The molecule has 35 heavy (non-hydrogen) atoms. The Morgan fingerprint density at radius 2 is 1.57 bits per heavy atom. The monoisotopic (exact) mass is 501 g/mol. The molecule has 0 bridgehead atoms. The normalized spacial score (nSPS) is 13.1. The molecule has 0 aromatic heterocycles. The molecule has 2 atom stereocenters. The molecular formula is C27H39N3O4S. The molecule has 192 valence electrons. The number of nitrogens with one attached hydrogen (secondary N) is 1. The smallest absolute Gasteiger partial charge is 0.244 e. The van der Waals surface area contributed by atoms with E-state index < -0.39 is 22.0 Å². The number of rotatable bonds is 11. The summed E-state index contributed by atoms with van der Waals surface area (Å²) in [5.74, 6) is -0.661. The first-order chi connectivity index (χ1) is 16.4. The number of benzene rings is 2. The second-order valence-electron chi connectivity index (χ2n) is 9.26. The van der Waals surface area contributed by atoms with Crippen LogP contribution < -0.4 is 9.62 Å². The van der Waals surface area contributed by atoms with E-state index in [1.54, 1.807) is 0 Å². The van der Waals surface area contributed by atoms with Crippen molar-refractivity contribution in [2.75, 3.05) is 17.1 Å². The van der Waals surface area contributed by atoms with Crippen molar-refractivity contribution in [1.82, 2.24) is 10.2 Å². The molecule has 0 aliphatic rings. The molecule has 0 unspecified atom stereocenters. The maximum atomic E-state index is 13.8. The maximum absolute atomic E-state index is 13.8. The van der Waals surface area contributed by atoms with Crippen molar-refractivity contribution in [3.05, 3.63) is 64.7 Å². The van der Waals surface area contributed by atoms with E-state index >= 15 is 0 Å². The molecule has 0 spiro atoms. The molecule has 2 aromatic carbocycles. The highest BCUT2D eigenvalue weighted by molar-refractivity contribution is 7.92. The fourth-order valence-corrected chi connectivity index (χ4v) is 5.11. The van der Waals surface area contributed by atoms with Crippen molar-refractivity contribution in [3.8, 4) is 0 Å². The van der Waals surface area contributed by atoms with Gasteiger partial charge in [-0.05, 0) is 57.2 Å². The van der Waals surface area contributed by atoms with Crippen LogP contribution in [0.3, 0.4) is 0 Å². The SMILES string of the molecule is CC[C@@H](C)NC(=O)[C@@H](CC)N(Cc1cccc(C)c1)C(=O)CN(c1c(C)cccc1C)S(C)(=O)=O. The summed E-state index contributed by atoms with van der Waals surface area (Å²) in [6.45, 7) is 11.2. The number of para-hydroxylation sites is 1. The molecule has 2 aromatic rings. The standard InChI is InChI=1S/C27H39N3O4S/c1-8-22(6)28-27(32)24(9-2)29(17-23-15-10-12-19(3)16-23)25(31)18-30(35(7,33)34)26-20(4)13-11-14-21(26)5/h10-16,22,24H,8-9,17-18H2,1-7H3,(H,28,32)/t22-,24-/m1/s1. The van der Waals surface area contributed by atoms with Crippen LogP contribution in [0.1, 0.15) is 55.9 Å². The first-order valence-electron chi connectivity index (χ1n) is 12.1. The lowest BCUT2D eigenvalue weighted by Gasteiger charge is -2.34. The molecule has 0 aliphatic carbocycles. The Balaban J connectivity index is 2.50. The quantitative estimate of drug-likeness (QED) is 0.502. The van der Waals surface area contributed by atoms with Gasteiger partial charge in [-0.1, -0.05) is 61.9 Å². The van der Waals surface area contributed by atoms with E-state index in [4.69, 9.17) is 0 Å². The highest BCUT2D eigenvalue weighted by atomic mass is 32.2. The molecule has 1 N–H and O–H groups in total. The summed E-state index contributed by atoms with van der Waals surface area (Å²) >= 11 is 0. The van der Waals surface area contributed by atoms with E-state index in [1.165, 1.54) is 4.90 Å². The minimum absolute atomic E-state index is 0.0328. The number of sulfonamides is 1. The van der Waals surface area contributed by atoms with Crippen LogP contribution in [0.2, 0.25) is 0 Å². The van der Waals surface area contributed by atoms with Gasteiger partial charge in [0.05, 0.1) is 11.9 Å². The van der Waals surface area contributed by atoms with Crippen LogP contribution in [0.5, 0.6) is 0 Å². The minimum Gasteiger partial charge on any atom is -0.352 e. The Hall–Kier alpha value is -2.87. The van der Waals surface area contributed by atoms with Crippen LogP contribution in [0.4, 0.5) is 5.69 Å². The molecule has 2 amide bonds. The lowest BCUT2D eigenvalue weighted by atomic mass is 10.1. The van der Waals surface area contributed by atoms with Crippen LogP contribution in [-0.4, -0.2) is 50.0 Å². The van der Waals surface area contributed by atoms with Gasteiger partial charge in [0.15, 0.2) is 0 Å². The van der Waals surface area contributed by atoms with Gasteiger partial charge in [-0.15, -0.1) is 0 Å². The second-order valence-corrected chi connectivity index (χ2v) is 11.2. The number of hydrogen-bond acceptors (Lipinski definition) is 4. The molecule has 2 rings (SSSR count). The third-order valence-corrected chi connectivity index (χ3v) is 7.30. The zero-order valence-electron chi connectivity index (χ0n) is 22.0. The number of aryl methyl sites for hydroxylation is 3. The molecule has 8 heteroatoms. The average Bonchev–Trinajstić information content (AvgIpc) is 2.77.